The standard InChI is InChI=1S/C26H30N6O4/c1-16-5-6-20(29-24(33)32-10-8-19(15-32)26(2,3)35)13-21(16)22-11-18(14-28-31-22)17-7-9-27-23(12-17)30-25(34)36-4/h5-7,9,11-14,19,35H,8,10,15H2,1-4H3,(H,29,33)(H,27,30,34). The molecule has 3 aromatic rings. The average molecular weight is 491 g/mol. The zero-order valence-corrected chi connectivity index (χ0v) is 20.8. The Labute approximate surface area is 209 Å². The molecule has 2 aromatic heterocycles. The minimum absolute atomic E-state index is 0.0476. The zero-order valence-electron chi connectivity index (χ0n) is 20.8. The number of hydrogen-bond acceptors (Lipinski definition) is 7. The van der Waals surface area contributed by atoms with Crippen molar-refractivity contribution in [2.24, 2.45) is 5.92 Å². The van der Waals surface area contributed by atoms with Gasteiger partial charge in [-0.1, -0.05) is 6.07 Å². The van der Waals surface area contributed by atoms with Gasteiger partial charge in [0.2, 0.25) is 0 Å². The van der Waals surface area contributed by atoms with Crippen LogP contribution < -0.4 is 10.6 Å². The summed E-state index contributed by atoms with van der Waals surface area (Å²) in [7, 11) is 1.29. The highest BCUT2D eigenvalue weighted by molar-refractivity contribution is 5.90. The second-order valence-electron chi connectivity index (χ2n) is 9.42. The molecule has 1 aliphatic heterocycles. The topological polar surface area (TPSA) is 130 Å². The SMILES string of the molecule is COC(=O)Nc1cc(-c2cnnc(-c3cc(NC(=O)N4CCC(C(C)(C)O)C4)ccc3C)c2)ccn1. The van der Waals surface area contributed by atoms with Gasteiger partial charge in [0.05, 0.1) is 24.6 Å². The van der Waals surface area contributed by atoms with Crippen LogP contribution in [0.3, 0.4) is 0 Å². The molecule has 1 fully saturated rings. The molecular weight excluding hydrogens is 460 g/mol. The third-order valence-electron chi connectivity index (χ3n) is 6.40. The summed E-state index contributed by atoms with van der Waals surface area (Å²) in [5.41, 5.74) is 3.87. The molecule has 0 spiro atoms. The number of urea groups is 1. The summed E-state index contributed by atoms with van der Waals surface area (Å²) in [6.07, 6.45) is 3.38. The van der Waals surface area contributed by atoms with Crippen molar-refractivity contribution in [1.29, 1.82) is 0 Å². The van der Waals surface area contributed by atoms with Gasteiger partial charge in [-0.15, -0.1) is 0 Å². The molecule has 10 nitrogen and oxygen atoms in total. The summed E-state index contributed by atoms with van der Waals surface area (Å²) < 4.78 is 4.62. The highest BCUT2D eigenvalue weighted by atomic mass is 16.5. The largest absolute Gasteiger partial charge is 0.453 e. The van der Waals surface area contributed by atoms with Crippen LogP contribution in [0.5, 0.6) is 0 Å². The molecule has 3 heterocycles. The van der Waals surface area contributed by atoms with E-state index in [1.165, 1.54) is 7.11 Å². The van der Waals surface area contributed by atoms with E-state index in [9.17, 15) is 14.7 Å². The number of aliphatic hydroxyl groups is 1. The fourth-order valence-corrected chi connectivity index (χ4v) is 4.19. The number of nitrogens with zero attached hydrogens (tertiary/aromatic N) is 4. The maximum atomic E-state index is 12.8. The van der Waals surface area contributed by atoms with Crippen LogP contribution in [0.15, 0.2) is 48.8 Å². The first-order valence-electron chi connectivity index (χ1n) is 11.7. The number of methoxy groups -OCH3 is 1. The van der Waals surface area contributed by atoms with E-state index < -0.39 is 11.7 Å². The molecule has 0 aliphatic carbocycles. The summed E-state index contributed by atoms with van der Waals surface area (Å²) in [4.78, 5) is 30.2. The number of pyridine rings is 1. The quantitative estimate of drug-likeness (QED) is 0.486. The number of aryl methyl sites for hydroxylation is 1. The minimum Gasteiger partial charge on any atom is -0.453 e. The number of aromatic nitrogens is 3. The van der Waals surface area contributed by atoms with E-state index in [0.717, 1.165) is 28.7 Å². The van der Waals surface area contributed by atoms with Crippen LogP contribution >= 0.6 is 0 Å². The molecule has 3 N–H and O–H groups in total. The highest BCUT2D eigenvalue weighted by Gasteiger charge is 2.35. The molecule has 188 valence electrons. The second kappa shape index (κ2) is 10.3. The van der Waals surface area contributed by atoms with Gasteiger partial charge >= 0.3 is 12.1 Å². The number of likely N-dealkylation sites (tertiary alicyclic amines) is 1. The number of rotatable bonds is 5. The number of ether oxygens (including phenoxy) is 1. The van der Waals surface area contributed by atoms with Gasteiger partial charge in [0.25, 0.3) is 0 Å². The van der Waals surface area contributed by atoms with E-state index in [-0.39, 0.29) is 11.9 Å². The maximum Gasteiger partial charge on any atom is 0.412 e. The Bertz CT molecular complexity index is 1270. The maximum absolute atomic E-state index is 12.8. The van der Waals surface area contributed by atoms with Gasteiger partial charge in [0, 0.05) is 42.0 Å². The summed E-state index contributed by atoms with van der Waals surface area (Å²) in [6.45, 7) is 6.64. The molecule has 0 radical (unpaired) electrons. The van der Waals surface area contributed by atoms with Gasteiger partial charge < -0.3 is 20.1 Å². The lowest BCUT2D eigenvalue weighted by atomic mass is 9.91. The van der Waals surface area contributed by atoms with Gasteiger partial charge in [0.15, 0.2) is 0 Å². The Balaban J connectivity index is 1.54. The van der Waals surface area contributed by atoms with Crippen molar-refractivity contribution in [3.63, 3.8) is 0 Å². The van der Waals surface area contributed by atoms with Crippen LogP contribution in [-0.4, -0.2) is 63.1 Å². The Hall–Kier alpha value is -4.05. The molecule has 4 rings (SSSR count). The Morgan fingerprint density at radius 2 is 1.94 bits per heavy atom. The summed E-state index contributed by atoms with van der Waals surface area (Å²) in [6, 6.07) is 10.9. The molecule has 3 amide bonds. The van der Waals surface area contributed by atoms with Crippen molar-refractivity contribution >= 4 is 23.6 Å². The first-order chi connectivity index (χ1) is 17.1. The second-order valence-corrected chi connectivity index (χ2v) is 9.42. The van der Waals surface area contributed by atoms with E-state index >= 15 is 0 Å². The van der Waals surface area contributed by atoms with Crippen molar-refractivity contribution in [2.75, 3.05) is 30.8 Å². The lowest BCUT2D eigenvalue weighted by Crippen LogP contribution is -2.37. The van der Waals surface area contributed by atoms with Gasteiger partial charge in [-0.3, -0.25) is 5.32 Å². The van der Waals surface area contributed by atoms with Crippen molar-refractivity contribution in [3.05, 3.63) is 54.4 Å². The monoisotopic (exact) mass is 490 g/mol. The molecule has 1 aliphatic rings. The van der Waals surface area contributed by atoms with Crippen LogP contribution in [0.25, 0.3) is 22.4 Å². The molecular formula is C26H30N6O4. The van der Waals surface area contributed by atoms with Gasteiger partial charge in [-0.25, -0.2) is 14.6 Å². The number of hydrogen-bond donors (Lipinski definition) is 3. The number of carbonyl (C=O) groups is 2. The Morgan fingerprint density at radius 1 is 1.14 bits per heavy atom. The number of amides is 3. The molecule has 1 atom stereocenters. The van der Waals surface area contributed by atoms with E-state index in [1.807, 2.05) is 37.3 Å². The normalized spacial score (nSPS) is 15.5. The minimum atomic E-state index is -0.819. The first-order valence-corrected chi connectivity index (χ1v) is 11.7. The van der Waals surface area contributed by atoms with Crippen molar-refractivity contribution in [1.82, 2.24) is 20.1 Å². The van der Waals surface area contributed by atoms with E-state index in [2.05, 4.69) is 30.6 Å². The highest BCUT2D eigenvalue weighted by Crippen LogP contribution is 2.30. The lowest BCUT2D eigenvalue weighted by Gasteiger charge is -2.25. The van der Waals surface area contributed by atoms with Gasteiger partial charge in [-0.05, 0) is 68.7 Å². The number of carbonyl (C=O) groups excluding carboxylic acids is 2. The third kappa shape index (κ3) is 5.77. The Morgan fingerprint density at radius 3 is 2.67 bits per heavy atom. The average Bonchev–Trinajstić information content (AvgIpc) is 3.37. The predicted molar refractivity (Wildman–Crippen MR) is 136 cm³/mol. The first kappa shape index (κ1) is 25.1. The van der Waals surface area contributed by atoms with E-state index in [4.69, 9.17) is 0 Å². The lowest BCUT2D eigenvalue weighted by molar-refractivity contribution is 0.0227. The fourth-order valence-electron chi connectivity index (χ4n) is 4.19. The number of benzene rings is 1. The van der Waals surface area contributed by atoms with E-state index in [1.54, 1.807) is 37.2 Å². The van der Waals surface area contributed by atoms with Crippen molar-refractivity contribution in [2.45, 2.75) is 32.8 Å². The van der Waals surface area contributed by atoms with Crippen LogP contribution in [0.1, 0.15) is 25.8 Å². The van der Waals surface area contributed by atoms with Crippen LogP contribution in [0.2, 0.25) is 0 Å². The van der Waals surface area contributed by atoms with Crippen molar-refractivity contribution < 1.29 is 19.4 Å². The predicted octanol–water partition coefficient (Wildman–Crippen LogP) is 4.32. The number of anilines is 2. The van der Waals surface area contributed by atoms with Gasteiger partial charge in [-0.2, -0.15) is 10.2 Å². The smallest absolute Gasteiger partial charge is 0.412 e. The summed E-state index contributed by atoms with van der Waals surface area (Å²) >= 11 is 0. The zero-order chi connectivity index (χ0) is 25.9. The molecule has 1 aromatic carbocycles. The molecule has 1 saturated heterocycles. The number of nitrogens with one attached hydrogen (secondary N) is 2. The molecule has 0 bridgehead atoms. The molecule has 10 heteroatoms. The van der Waals surface area contributed by atoms with Crippen molar-refractivity contribution in [3.8, 4) is 22.4 Å². The fraction of sp³-hybridized carbons (Fsp3) is 0.346. The van der Waals surface area contributed by atoms with Crippen LogP contribution in [-0.2, 0) is 4.74 Å². The Kier molecular flexibility index (Phi) is 7.16. The third-order valence-corrected chi connectivity index (χ3v) is 6.40. The molecule has 0 saturated carbocycles. The van der Waals surface area contributed by atoms with E-state index in [0.29, 0.717) is 30.3 Å². The van der Waals surface area contributed by atoms with Crippen LogP contribution in [0, 0.1) is 12.8 Å². The van der Waals surface area contributed by atoms with Crippen LogP contribution in [0.4, 0.5) is 21.1 Å². The summed E-state index contributed by atoms with van der Waals surface area (Å²) in [5, 5.41) is 24.3. The molecule has 1 unspecified atom stereocenters. The summed E-state index contributed by atoms with van der Waals surface area (Å²) in [5.74, 6) is 0.402. The van der Waals surface area contributed by atoms with Gasteiger partial charge in [0.1, 0.15) is 5.82 Å². The molecule has 36 heavy (non-hydrogen) atoms.